The number of carbonyl (C=O) groups is 1. The second-order valence-electron chi connectivity index (χ2n) is 5.69. The van der Waals surface area contributed by atoms with Crippen molar-refractivity contribution in [3.8, 4) is 0 Å². The highest BCUT2D eigenvalue weighted by atomic mass is 79.9. The molecule has 2 N–H and O–H groups in total. The van der Waals surface area contributed by atoms with Crippen LogP contribution in [0.2, 0.25) is 0 Å². The lowest BCUT2D eigenvalue weighted by Crippen LogP contribution is -2.38. The first-order valence-corrected chi connectivity index (χ1v) is 8.34. The van der Waals surface area contributed by atoms with E-state index in [0.29, 0.717) is 10.5 Å². The topological polar surface area (TPSA) is 41.1 Å². The molecule has 0 bridgehead atoms. The second-order valence-corrected chi connectivity index (χ2v) is 6.55. The molecule has 0 unspecified atom stereocenters. The van der Waals surface area contributed by atoms with Gasteiger partial charge >= 0.3 is 0 Å². The molecule has 21 heavy (non-hydrogen) atoms. The summed E-state index contributed by atoms with van der Waals surface area (Å²) in [6, 6.07) is 3.43. The molecule has 0 heterocycles. The van der Waals surface area contributed by atoms with Crippen molar-refractivity contribution in [1.29, 1.82) is 0 Å². The molecule has 0 saturated heterocycles. The third-order valence-electron chi connectivity index (χ3n) is 3.93. The van der Waals surface area contributed by atoms with Crippen LogP contribution in [0.25, 0.3) is 0 Å². The van der Waals surface area contributed by atoms with Crippen LogP contribution in [0.5, 0.6) is 0 Å². The van der Waals surface area contributed by atoms with E-state index in [-0.39, 0.29) is 18.3 Å². The highest BCUT2D eigenvalue weighted by Gasteiger charge is 2.14. The fourth-order valence-corrected chi connectivity index (χ4v) is 3.06. The van der Waals surface area contributed by atoms with Gasteiger partial charge in [-0.15, -0.1) is 0 Å². The third kappa shape index (κ3) is 4.99. The Kier molecular flexibility index (Phi) is 6.03. The fraction of sp³-hybridized carbons (Fsp3) is 0.562. The van der Waals surface area contributed by atoms with Crippen molar-refractivity contribution < 1.29 is 9.18 Å². The quantitative estimate of drug-likeness (QED) is 0.795. The minimum atomic E-state index is -0.291. The molecule has 2 rings (SSSR count). The van der Waals surface area contributed by atoms with Crippen LogP contribution in [0.3, 0.4) is 0 Å². The maximum absolute atomic E-state index is 13.4. The van der Waals surface area contributed by atoms with E-state index in [1.165, 1.54) is 31.7 Å². The first kappa shape index (κ1) is 16.3. The molecule has 0 radical (unpaired) electrons. The Bertz CT molecular complexity index is 499. The van der Waals surface area contributed by atoms with Crippen LogP contribution in [0.4, 0.5) is 10.1 Å². The average Bonchev–Trinajstić information content (AvgIpc) is 2.70. The Labute approximate surface area is 133 Å². The van der Waals surface area contributed by atoms with Crippen molar-refractivity contribution >= 4 is 27.5 Å². The number of benzene rings is 1. The summed E-state index contributed by atoms with van der Waals surface area (Å²) >= 11 is 3.16. The van der Waals surface area contributed by atoms with Gasteiger partial charge in [-0.1, -0.05) is 25.7 Å². The van der Waals surface area contributed by atoms with Gasteiger partial charge in [0.25, 0.3) is 0 Å². The normalized spacial score (nSPS) is 16.3. The minimum absolute atomic E-state index is 0.00162. The monoisotopic (exact) mass is 356 g/mol. The van der Waals surface area contributed by atoms with E-state index in [1.807, 2.05) is 6.92 Å². The molecule has 1 fully saturated rings. The summed E-state index contributed by atoms with van der Waals surface area (Å²) in [5.41, 5.74) is 1.57. The summed E-state index contributed by atoms with van der Waals surface area (Å²) in [6.07, 6.45) is 7.09. The zero-order valence-electron chi connectivity index (χ0n) is 12.3. The molecular formula is C16H22BrFN2O. The van der Waals surface area contributed by atoms with E-state index < -0.39 is 0 Å². The Morgan fingerprint density at radius 3 is 2.62 bits per heavy atom. The number of carbonyl (C=O) groups excluding carboxylic acids is 1. The Morgan fingerprint density at radius 1 is 1.29 bits per heavy atom. The molecule has 1 aliphatic rings. The van der Waals surface area contributed by atoms with Crippen molar-refractivity contribution in [1.82, 2.24) is 5.32 Å². The number of amides is 1. The molecule has 3 nitrogen and oxygen atoms in total. The summed E-state index contributed by atoms with van der Waals surface area (Å²) in [5.74, 6) is -0.289. The SMILES string of the molecule is Cc1cc(F)c(Br)cc1NCC(=O)NC1CCCCCC1. The second kappa shape index (κ2) is 7.78. The third-order valence-corrected chi connectivity index (χ3v) is 4.53. The molecule has 0 spiro atoms. The zero-order chi connectivity index (χ0) is 15.2. The molecule has 1 amide bonds. The zero-order valence-corrected chi connectivity index (χ0v) is 13.9. The number of hydrogen-bond acceptors (Lipinski definition) is 2. The number of rotatable bonds is 4. The summed E-state index contributed by atoms with van der Waals surface area (Å²) < 4.78 is 13.8. The van der Waals surface area contributed by atoms with Crippen LogP contribution in [0, 0.1) is 12.7 Å². The number of anilines is 1. The van der Waals surface area contributed by atoms with Crippen molar-refractivity contribution in [3.05, 3.63) is 28.0 Å². The molecule has 1 saturated carbocycles. The highest BCUT2D eigenvalue weighted by molar-refractivity contribution is 9.10. The maximum atomic E-state index is 13.4. The van der Waals surface area contributed by atoms with Crippen LogP contribution in [0.1, 0.15) is 44.1 Å². The number of aryl methyl sites for hydroxylation is 1. The van der Waals surface area contributed by atoms with Crippen molar-refractivity contribution in [2.45, 2.75) is 51.5 Å². The molecular weight excluding hydrogens is 335 g/mol. The van der Waals surface area contributed by atoms with Gasteiger partial charge in [-0.05, 0) is 53.4 Å². The van der Waals surface area contributed by atoms with Gasteiger partial charge in [0, 0.05) is 11.7 Å². The molecule has 0 atom stereocenters. The predicted octanol–water partition coefficient (Wildman–Crippen LogP) is 4.15. The molecule has 5 heteroatoms. The van der Waals surface area contributed by atoms with Gasteiger partial charge in [0.15, 0.2) is 0 Å². The predicted molar refractivity (Wildman–Crippen MR) is 87.0 cm³/mol. The molecule has 1 aliphatic carbocycles. The maximum Gasteiger partial charge on any atom is 0.239 e. The first-order valence-electron chi connectivity index (χ1n) is 7.55. The highest BCUT2D eigenvalue weighted by Crippen LogP contribution is 2.24. The van der Waals surface area contributed by atoms with Crippen molar-refractivity contribution in [2.24, 2.45) is 0 Å². The van der Waals surface area contributed by atoms with E-state index in [9.17, 15) is 9.18 Å². The van der Waals surface area contributed by atoms with E-state index >= 15 is 0 Å². The smallest absolute Gasteiger partial charge is 0.239 e. The lowest BCUT2D eigenvalue weighted by atomic mass is 10.1. The van der Waals surface area contributed by atoms with Crippen LogP contribution in [-0.2, 0) is 4.79 Å². The minimum Gasteiger partial charge on any atom is -0.376 e. The van der Waals surface area contributed by atoms with Gasteiger partial charge in [0.05, 0.1) is 11.0 Å². The van der Waals surface area contributed by atoms with Crippen molar-refractivity contribution in [3.63, 3.8) is 0 Å². The number of halogens is 2. The first-order chi connectivity index (χ1) is 10.1. The van der Waals surface area contributed by atoms with Crippen LogP contribution >= 0.6 is 15.9 Å². The Morgan fingerprint density at radius 2 is 1.95 bits per heavy atom. The van der Waals surface area contributed by atoms with Gasteiger partial charge in [0.2, 0.25) is 5.91 Å². The molecule has 1 aromatic rings. The fourth-order valence-electron chi connectivity index (χ4n) is 2.71. The number of hydrogen-bond donors (Lipinski definition) is 2. The van der Waals surface area contributed by atoms with E-state index in [4.69, 9.17) is 0 Å². The van der Waals surface area contributed by atoms with Gasteiger partial charge in [-0.3, -0.25) is 4.79 Å². The largest absolute Gasteiger partial charge is 0.376 e. The van der Waals surface area contributed by atoms with Crippen molar-refractivity contribution in [2.75, 3.05) is 11.9 Å². The lowest BCUT2D eigenvalue weighted by molar-refractivity contribution is -0.120. The Hall–Kier alpha value is -1.10. The average molecular weight is 357 g/mol. The van der Waals surface area contributed by atoms with E-state index in [1.54, 1.807) is 6.07 Å². The summed E-state index contributed by atoms with van der Waals surface area (Å²) in [5, 5.41) is 6.16. The molecule has 116 valence electrons. The molecule has 1 aromatic carbocycles. The van der Waals surface area contributed by atoms with Crippen LogP contribution in [0.15, 0.2) is 16.6 Å². The Balaban J connectivity index is 1.84. The van der Waals surface area contributed by atoms with E-state index in [2.05, 4.69) is 26.6 Å². The van der Waals surface area contributed by atoms with Crippen LogP contribution in [-0.4, -0.2) is 18.5 Å². The van der Waals surface area contributed by atoms with Crippen LogP contribution < -0.4 is 10.6 Å². The molecule has 0 aliphatic heterocycles. The molecule has 0 aromatic heterocycles. The van der Waals surface area contributed by atoms with Gasteiger partial charge in [0.1, 0.15) is 5.82 Å². The van der Waals surface area contributed by atoms with E-state index in [0.717, 1.165) is 24.1 Å². The summed E-state index contributed by atoms with van der Waals surface area (Å²) in [4.78, 5) is 12.0. The van der Waals surface area contributed by atoms with Gasteiger partial charge in [-0.2, -0.15) is 0 Å². The standard InChI is InChI=1S/C16H22BrFN2O/c1-11-8-14(18)13(17)9-15(11)19-10-16(21)20-12-6-4-2-3-5-7-12/h8-9,12,19H,2-7,10H2,1H3,(H,20,21). The summed E-state index contributed by atoms with van der Waals surface area (Å²) in [7, 11) is 0. The number of nitrogens with one attached hydrogen (secondary N) is 2. The van der Waals surface area contributed by atoms with Gasteiger partial charge in [-0.25, -0.2) is 4.39 Å². The summed E-state index contributed by atoms with van der Waals surface area (Å²) in [6.45, 7) is 2.04. The lowest BCUT2D eigenvalue weighted by Gasteiger charge is -2.17. The van der Waals surface area contributed by atoms with Gasteiger partial charge < -0.3 is 10.6 Å².